The normalized spacial score (nSPS) is 16.9. The molecule has 0 spiro atoms. The van der Waals surface area contributed by atoms with Gasteiger partial charge in [0.1, 0.15) is 24.4 Å². The Kier molecular flexibility index (Phi) is 7.12. The van der Waals surface area contributed by atoms with E-state index in [-0.39, 0.29) is 6.42 Å². The van der Waals surface area contributed by atoms with Crippen LogP contribution in [0.15, 0.2) is 18.2 Å². The fourth-order valence-electron chi connectivity index (χ4n) is 2.28. The Balaban J connectivity index is 2.73. The van der Waals surface area contributed by atoms with E-state index in [0.717, 1.165) is 12.0 Å². The first-order chi connectivity index (χ1) is 10.3. The van der Waals surface area contributed by atoms with E-state index in [1.807, 2.05) is 26.0 Å². The number of Topliss-reactive ketones (excluding diaryl/α,β-unsaturated/α-hetero) is 1. The average molecular weight is 312 g/mol. The van der Waals surface area contributed by atoms with Crippen LogP contribution in [0.4, 0.5) is 0 Å². The Labute approximate surface area is 129 Å². The highest BCUT2D eigenvalue weighted by Crippen LogP contribution is 2.14. The lowest BCUT2D eigenvalue weighted by Crippen LogP contribution is -2.49. The van der Waals surface area contributed by atoms with Crippen LogP contribution in [0, 0.1) is 6.92 Å². The number of hydrogen-bond donors (Lipinski definition) is 5. The van der Waals surface area contributed by atoms with Gasteiger partial charge in [0.2, 0.25) is 0 Å². The molecule has 6 heteroatoms. The van der Waals surface area contributed by atoms with Gasteiger partial charge in [0.25, 0.3) is 0 Å². The van der Waals surface area contributed by atoms with Crippen molar-refractivity contribution < 1.29 is 30.3 Å². The molecule has 0 aliphatic heterocycles. The summed E-state index contributed by atoms with van der Waals surface area (Å²) in [6, 6.07) is 5.53. The molecule has 0 saturated carbocycles. The Hall–Kier alpha value is -1.31. The number of ketones is 1. The lowest BCUT2D eigenvalue weighted by Gasteiger charge is -2.24. The molecule has 0 aliphatic carbocycles. The molecular weight excluding hydrogens is 288 g/mol. The van der Waals surface area contributed by atoms with Crippen molar-refractivity contribution in [1.29, 1.82) is 0 Å². The second-order valence-electron chi connectivity index (χ2n) is 5.43. The monoisotopic (exact) mass is 312 g/mol. The van der Waals surface area contributed by atoms with Crippen molar-refractivity contribution in [2.24, 2.45) is 0 Å². The molecule has 5 N–H and O–H groups in total. The lowest BCUT2D eigenvalue weighted by molar-refractivity contribution is -0.146. The van der Waals surface area contributed by atoms with E-state index in [1.165, 1.54) is 5.56 Å². The van der Waals surface area contributed by atoms with Crippen LogP contribution in [0.3, 0.4) is 0 Å². The van der Waals surface area contributed by atoms with Gasteiger partial charge in [-0.05, 0) is 30.0 Å². The summed E-state index contributed by atoms with van der Waals surface area (Å²) in [6.07, 6.45) is -6.32. The summed E-state index contributed by atoms with van der Waals surface area (Å²) in [4.78, 5) is 12.0. The number of carbonyl (C=O) groups excluding carboxylic acids is 1. The van der Waals surface area contributed by atoms with Gasteiger partial charge in [-0.15, -0.1) is 0 Å². The maximum Gasteiger partial charge on any atom is 0.168 e. The van der Waals surface area contributed by atoms with E-state index in [0.29, 0.717) is 5.56 Å². The largest absolute Gasteiger partial charge is 0.394 e. The van der Waals surface area contributed by atoms with Gasteiger partial charge in [-0.25, -0.2) is 0 Å². The minimum Gasteiger partial charge on any atom is -0.394 e. The second kappa shape index (κ2) is 8.36. The molecule has 124 valence electrons. The summed E-state index contributed by atoms with van der Waals surface area (Å²) in [7, 11) is 0. The second-order valence-corrected chi connectivity index (χ2v) is 5.43. The van der Waals surface area contributed by atoms with Crippen LogP contribution in [0.1, 0.15) is 23.6 Å². The summed E-state index contributed by atoms with van der Waals surface area (Å²) < 4.78 is 0. The van der Waals surface area contributed by atoms with Gasteiger partial charge in [-0.2, -0.15) is 0 Å². The lowest BCUT2D eigenvalue weighted by atomic mass is 9.95. The van der Waals surface area contributed by atoms with Crippen molar-refractivity contribution in [1.82, 2.24) is 0 Å². The zero-order chi connectivity index (χ0) is 16.9. The van der Waals surface area contributed by atoms with Crippen LogP contribution in [-0.2, 0) is 17.6 Å². The zero-order valence-electron chi connectivity index (χ0n) is 12.8. The van der Waals surface area contributed by atoms with Gasteiger partial charge < -0.3 is 25.5 Å². The Bertz CT molecular complexity index is 501. The summed E-state index contributed by atoms with van der Waals surface area (Å²) in [5.41, 5.74) is 2.90. The highest BCUT2D eigenvalue weighted by Gasteiger charge is 2.33. The highest BCUT2D eigenvalue weighted by molar-refractivity contribution is 5.85. The van der Waals surface area contributed by atoms with Crippen LogP contribution >= 0.6 is 0 Å². The molecular formula is C16H24O6. The molecule has 6 nitrogen and oxygen atoms in total. The molecule has 0 heterocycles. The first-order valence-electron chi connectivity index (χ1n) is 7.26. The van der Waals surface area contributed by atoms with E-state index in [4.69, 9.17) is 5.11 Å². The van der Waals surface area contributed by atoms with E-state index < -0.39 is 36.8 Å². The molecule has 0 aliphatic rings. The van der Waals surface area contributed by atoms with Crippen LogP contribution in [-0.4, -0.2) is 62.3 Å². The SMILES string of the molecule is CCc1ccc(CC(=O)[C@H](O)[C@@H](O)[C@H](O)[C@H](O)CO)cc1C. The fourth-order valence-corrected chi connectivity index (χ4v) is 2.28. The molecule has 0 bridgehead atoms. The van der Waals surface area contributed by atoms with Crippen molar-refractivity contribution in [3.63, 3.8) is 0 Å². The van der Waals surface area contributed by atoms with Crippen molar-refractivity contribution in [2.75, 3.05) is 6.61 Å². The maximum absolute atomic E-state index is 12.0. The zero-order valence-corrected chi connectivity index (χ0v) is 12.8. The van der Waals surface area contributed by atoms with Crippen LogP contribution in [0.5, 0.6) is 0 Å². The quantitative estimate of drug-likeness (QED) is 0.425. The number of carbonyl (C=O) groups is 1. The number of aryl methyl sites for hydroxylation is 2. The number of hydrogen-bond acceptors (Lipinski definition) is 6. The minimum atomic E-state index is -1.86. The van der Waals surface area contributed by atoms with E-state index >= 15 is 0 Å². The number of aliphatic hydroxyl groups excluding tert-OH is 5. The Morgan fingerprint density at radius 1 is 1.14 bits per heavy atom. The minimum absolute atomic E-state index is 0.0923. The number of rotatable bonds is 8. The van der Waals surface area contributed by atoms with Gasteiger partial charge in [0, 0.05) is 6.42 Å². The van der Waals surface area contributed by atoms with Crippen molar-refractivity contribution in [3.05, 3.63) is 34.9 Å². The average Bonchev–Trinajstić information content (AvgIpc) is 2.51. The molecule has 0 aromatic heterocycles. The van der Waals surface area contributed by atoms with Gasteiger partial charge in [0.15, 0.2) is 5.78 Å². The van der Waals surface area contributed by atoms with Gasteiger partial charge in [-0.3, -0.25) is 4.79 Å². The molecule has 0 fully saturated rings. The maximum atomic E-state index is 12.0. The highest BCUT2D eigenvalue weighted by atomic mass is 16.4. The van der Waals surface area contributed by atoms with E-state index in [1.54, 1.807) is 6.07 Å². The summed E-state index contributed by atoms with van der Waals surface area (Å²) in [6.45, 7) is 3.18. The molecule has 0 saturated heterocycles. The summed E-state index contributed by atoms with van der Waals surface area (Å²) >= 11 is 0. The van der Waals surface area contributed by atoms with Gasteiger partial charge in [0.05, 0.1) is 6.61 Å². The topological polar surface area (TPSA) is 118 Å². The number of benzene rings is 1. The smallest absolute Gasteiger partial charge is 0.168 e. The van der Waals surface area contributed by atoms with Crippen LogP contribution in [0.2, 0.25) is 0 Å². The third-order valence-electron chi connectivity index (χ3n) is 3.75. The third kappa shape index (κ3) is 4.59. The molecule has 4 atom stereocenters. The van der Waals surface area contributed by atoms with Crippen molar-refractivity contribution in [2.45, 2.75) is 51.1 Å². The predicted molar refractivity (Wildman–Crippen MR) is 80.4 cm³/mol. The van der Waals surface area contributed by atoms with Crippen LogP contribution < -0.4 is 0 Å². The molecule has 0 radical (unpaired) electrons. The molecule has 0 amide bonds. The summed E-state index contributed by atoms with van der Waals surface area (Å²) in [5.74, 6) is -0.666. The predicted octanol–water partition coefficient (Wildman–Crippen LogP) is -0.895. The Morgan fingerprint density at radius 3 is 2.27 bits per heavy atom. The first-order valence-corrected chi connectivity index (χ1v) is 7.26. The molecule has 22 heavy (non-hydrogen) atoms. The number of aliphatic hydroxyl groups is 5. The van der Waals surface area contributed by atoms with Gasteiger partial charge in [-0.1, -0.05) is 25.1 Å². The molecule has 1 aromatic rings. The van der Waals surface area contributed by atoms with Gasteiger partial charge >= 0.3 is 0 Å². The standard InChI is InChI=1S/C16H24O6/c1-3-11-5-4-10(6-9(11)2)7-12(18)14(20)16(22)15(21)13(19)8-17/h4-6,13-17,19-22H,3,7-8H2,1-2H3/t13-,14+,15-,16-/m1/s1. The molecule has 1 rings (SSSR count). The summed E-state index contributed by atoms with van der Waals surface area (Å²) in [5, 5.41) is 46.9. The first kappa shape index (κ1) is 18.7. The van der Waals surface area contributed by atoms with Crippen molar-refractivity contribution in [3.8, 4) is 0 Å². The van der Waals surface area contributed by atoms with Crippen LogP contribution in [0.25, 0.3) is 0 Å². The van der Waals surface area contributed by atoms with E-state index in [2.05, 4.69) is 0 Å². The third-order valence-corrected chi connectivity index (χ3v) is 3.75. The fraction of sp³-hybridized carbons (Fsp3) is 0.562. The Morgan fingerprint density at radius 2 is 1.77 bits per heavy atom. The molecule has 1 aromatic carbocycles. The van der Waals surface area contributed by atoms with E-state index in [9.17, 15) is 25.2 Å². The molecule has 0 unspecified atom stereocenters. The van der Waals surface area contributed by atoms with Crippen molar-refractivity contribution >= 4 is 5.78 Å².